The number of ether oxygens (including phenoxy) is 4. The van der Waals surface area contributed by atoms with Crippen LogP contribution in [0.2, 0.25) is 5.02 Å². The highest BCUT2D eigenvalue weighted by Crippen LogP contribution is 2.22. The Balaban J connectivity index is 1.86. The minimum absolute atomic E-state index is 0.183. The van der Waals surface area contributed by atoms with Gasteiger partial charge in [0, 0.05) is 24.4 Å². The number of thiocarbonyl (C=S) groups is 1. The molecule has 7 nitrogen and oxygen atoms in total. The van der Waals surface area contributed by atoms with Crippen LogP contribution >= 0.6 is 23.8 Å². The quantitative estimate of drug-likeness (QED) is 0.663. The molecule has 0 aliphatic carbocycles. The monoisotopic (exact) mass is 364 g/mol. The maximum atomic E-state index is 9.89. The summed E-state index contributed by atoms with van der Waals surface area (Å²) in [5.41, 5.74) is 0. The number of rotatable bonds is 4. The van der Waals surface area contributed by atoms with Gasteiger partial charge in [-0.25, -0.2) is 0 Å². The average molecular weight is 365 g/mol. The van der Waals surface area contributed by atoms with Crippen molar-refractivity contribution in [3.8, 4) is 5.75 Å². The Morgan fingerprint density at radius 1 is 1.17 bits per heavy atom. The first-order valence-electron chi connectivity index (χ1n) is 6.75. The van der Waals surface area contributed by atoms with Crippen molar-refractivity contribution in [2.45, 2.75) is 30.7 Å². The Morgan fingerprint density at radius 3 is 2.43 bits per heavy atom. The van der Waals surface area contributed by atoms with Crippen LogP contribution in [-0.2, 0) is 14.2 Å². The van der Waals surface area contributed by atoms with E-state index < -0.39 is 30.7 Å². The normalized spacial score (nSPS) is 30.7. The van der Waals surface area contributed by atoms with E-state index in [-0.39, 0.29) is 11.8 Å². The van der Waals surface area contributed by atoms with Gasteiger partial charge < -0.3 is 34.3 Å². The van der Waals surface area contributed by atoms with Gasteiger partial charge in [0.2, 0.25) is 0 Å². The summed E-state index contributed by atoms with van der Waals surface area (Å²) in [5, 5.41) is 29.7. The van der Waals surface area contributed by atoms with Crippen molar-refractivity contribution in [3.05, 3.63) is 29.3 Å². The highest BCUT2D eigenvalue weighted by Gasteiger charge is 2.44. The number of halogens is 1. The van der Waals surface area contributed by atoms with Crippen LogP contribution in [0, 0.1) is 0 Å². The summed E-state index contributed by atoms with van der Waals surface area (Å²) in [7, 11) is 1.31. The zero-order valence-electron chi connectivity index (χ0n) is 12.2. The van der Waals surface area contributed by atoms with Crippen LogP contribution in [0.3, 0.4) is 0 Å². The van der Waals surface area contributed by atoms with Crippen molar-refractivity contribution in [1.29, 1.82) is 0 Å². The Kier molecular flexibility index (Phi) is 6.54. The van der Waals surface area contributed by atoms with E-state index in [0.29, 0.717) is 10.8 Å². The summed E-state index contributed by atoms with van der Waals surface area (Å²) in [5.74, 6) is 0.440. The summed E-state index contributed by atoms with van der Waals surface area (Å²) < 4.78 is 20.7. The second-order valence-electron chi connectivity index (χ2n) is 4.87. The largest absolute Gasteiger partial charge is 0.454 e. The lowest BCUT2D eigenvalue weighted by atomic mass is 9.99. The fourth-order valence-corrected chi connectivity index (χ4v) is 2.32. The SMILES string of the molecule is CO[C@@H]1O[C@H](COC(=S)Oc2ccc(Cl)cc2)[C@@H](O)[C@H](O)[C@H]1O. The van der Waals surface area contributed by atoms with Crippen molar-refractivity contribution in [3.63, 3.8) is 0 Å². The summed E-state index contributed by atoms with van der Waals surface area (Å²) >= 11 is 10.7. The average Bonchev–Trinajstić information content (AvgIpc) is 2.54. The number of hydrogen-bond donors (Lipinski definition) is 3. The smallest absolute Gasteiger partial charge is 0.357 e. The number of methoxy groups -OCH3 is 1. The molecule has 0 aromatic heterocycles. The first-order valence-corrected chi connectivity index (χ1v) is 7.53. The molecule has 5 atom stereocenters. The first kappa shape index (κ1) is 18.3. The zero-order valence-corrected chi connectivity index (χ0v) is 13.7. The number of benzene rings is 1. The van der Waals surface area contributed by atoms with Gasteiger partial charge in [-0.15, -0.1) is 0 Å². The summed E-state index contributed by atoms with van der Waals surface area (Å²) in [6.07, 6.45) is -6.15. The van der Waals surface area contributed by atoms with Crippen LogP contribution in [0.15, 0.2) is 24.3 Å². The van der Waals surface area contributed by atoms with Crippen molar-refractivity contribution < 1.29 is 34.3 Å². The van der Waals surface area contributed by atoms with E-state index >= 15 is 0 Å². The highest BCUT2D eigenvalue weighted by molar-refractivity contribution is 7.79. The van der Waals surface area contributed by atoms with E-state index in [4.69, 9.17) is 42.8 Å². The molecule has 1 heterocycles. The number of aliphatic hydroxyl groups is 3. The van der Waals surface area contributed by atoms with Crippen LogP contribution in [0.1, 0.15) is 0 Å². The summed E-state index contributed by atoms with van der Waals surface area (Å²) in [4.78, 5) is 0. The van der Waals surface area contributed by atoms with Crippen molar-refractivity contribution in [2.75, 3.05) is 13.7 Å². The molecular weight excluding hydrogens is 348 g/mol. The van der Waals surface area contributed by atoms with Gasteiger partial charge in [-0.3, -0.25) is 0 Å². The zero-order chi connectivity index (χ0) is 17.0. The molecule has 2 rings (SSSR count). The third-order valence-electron chi connectivity index (χ3n) is 3.28. The second-order valence-corrected chi connectivity index (χ2v) is 5.64. The molecule has 1 saturated heterocycles. The lowest BCUT2D eigenvalue weighted by Crippen LogP contribution is -2.59. The van der Waals surface area contributed by atoms with Gasteiger partial charge in [-0.05, 0) is 24.3 Å². The van der Waals surface area contributed by atoms with Crippen LogP contribution in [-0.4, -0.2) is 65.0 Å². The van der Waals surface area contributed by atoms with Crippen molar-refractivity contribution >= 4 is 29.1 Å². The molecule has 1 aliphatic heterocycles. The van der Waals surface area contributed by atoms with E-state index in [2.05, 4.69) is 0 Å². The van der Waals surface area contributed by atoms with Crippen LogP contribution in [0.5, 0.6) is 5.75 Å². The number of aliphatic hydroxyl groups excluding tert-OH is 3. The third-order valence-corrected chi connectivity index (χ3v) is 3.73. The maximum Gasteiger partial charge on any atom is 0.357 e. The number of hydrogen-bond acceptors (Lipinski definition) is 8. The van der Waals surface area contributed by atoms with Gasteiger partial charge in [0.05, 0.1) is 0 Å². The van der Waals surface area contributed by atoms with Crippen molar-refractivity contribution in [1.82, 2.24) is 0 Å². The Morgan fingerprint density at radius 2 is 1.83 bits per heavy atom. The molecule has 1 fully saturated rings. The fraction of sp³-hybridized carbons (Fsp3) is 0.500. The molecule has 1 aliphatic rings. The van der Waals surface area contributed by atoms with Crippen molar-refractivity contribution in [2.24, 2.45) is 0 Å². The lowest BCUT2D eigenvalue weighted by molar-refractivity contribution is -0.293. The molecule has 128 valence electrons. The van der Waals surface area contributed by atoms with E-state index in [0.717, 1.165) is 0 Å². The molecular formula is C14H17ClO7S. The topological polar surface area (TPSA) is 97.6 Å². The maximum absolute atomic E-state index is 9.89. The van der Waals surface area contributed by atoms with Gasteiger partial charge in [0.15, 0.2) is 6.29 Å². The molecule has 0 bridgehead atoms. The Labute approximate surface area is 143 Å². The molecule has 0 radical (unpaired) electrons. The molecule has 0 unspecified atom stereocenters. The first-order chi connectivity index (χ1) is 10.9. The van der Waals surface area contributed by atoms with Crippen LogP contribution < -0.4 is 4.74 Å². The Hall–Kier alpha value is -1.00. The van der Waals surface area contributed by atoms with Gasteiger partial charge in [0.1, 0.15) is 36.8 Å². The molecule has 0 amide bonds. The van der Waals surface area contributed by atoms with Crippen LogP contribution in [0.25, 0.3) is 0 Å². The molecule has 9 heteroatoms. The Bertz CT molecular complexity index is 524. The third kappa shape index (κ3) is 4.74. The fourth-order valence-electron chi connectivity index (χ4n) is 2.03. The predicted molar refractivity (Wildman–Crippen MR) is 84.3 cm³/mol. The van der Waals surface area contributed by atoms with E-state index in [1.165, 1.54) is 7.11 Å². The molecule has 0 saturated carbocycles. The van der Waals surface area contributed by atoms with E-state index in [1.54, 1.807) is 24.3 Å². The molecule has 0 spiro atoms. The summed E-state index contributed by atoms with van der Waals surface area (Å²) in [6.45, 7) is -0.183. The van der Waals surface area contributed by atoms with E-state index in [9.17, 15) is 15.3 Å². The summed E-state index contributed by atoms with van der Waals surface area (Å²) in [6, 6.07) is 6.50. The molecule has 1 aromatic rings. The van der Waals surface area contributed by atoms with Crippen LogP contribution in [0.4, 0.5) is 0 Å². The van der Waals surface area contributed by atoms with Gasteiger partial charge in [-0.2, -0.15) is 0 Å². The molecule has 1 aromatic carbocycles. The lowest BCUT2D eigenvalue weighted by Gasteiger charge is -2.39. The van der Waals surface area contributed by atoms with Gasteiger partial charge >= 0.3 is 5.24 Å². The predicted octanol–water partition coefficient (Wildman–Crippen LogP) is 0.474. The minimum Gasteiger partial charge on any atom is -0.454 e. The second kappa shape index (κ2) is 8.20. The van der Waals surface area contributed by atoms with Gasteiger partial charge in [0.25, 0.3) is 0 Å². The van der Waals surface area contributed by atoms with E-state index in [1.807, 2.05) is 0 Å². The highest BCUT2D eigenvalue weighted by atomic mass is 35.5. The minimum atomic E-state index is -1.42. The molecule has 23 heavy (non-hydrogen) atoms. The standard InChI is InChI=1S/C14H17ClO7S/c1-19-13-12(18)11(17)10(16)9(22-13)6-20-14(23)21-8-4-2-7(15)3-5-8/h2-5,9-13,16-18H,6H2,1H3/t9-,10-,11+,12-,13-/m1/s1. The molecule has 3 N–H and O–H groups in total. The van der Waals surface area contributed by atoms with Gasteiger partial charge in [-0.1, -0.05) is 11.6 Å².